The van der Waals surface area contributed by atoms with Crippen molar-refractivity contribution in [2.24, 2.45) is 0 Å². The van der Waals surface area contributed by atoms with Crippen LogP contribution in [0.3, 0.4) is 0 Å². The number of alkyl halides is 2. The fourth-order valence-electron chi connectivity index (χ4n) is 2.34. The standard InChI is InChI=1S/C13H13F3N2O2S/c1-12(16)6-10(15)13(2,17-11(12)21)8-5-7(18(19)20)3-4-9(8)14/h3-5,10H,6H2,1-2H3,(H,17,21)/t10-,12-,13+/m0/s1. The zero-order valence-electron chi connectivity index (χ0n) is 11.3. The Balaban J connectivity index is 2.52. The maximum absolute atomic E-state index is 14.4. The van der Waals surface area contributed by atoms with E-state index in [1.165, 1.54) is 6.92 Å². The SMILES string of the molecule is C[C@]1(F)C[C@H](F)[C@@](C)(c2cc([N+](=O)[O-])ccc2F)NC1=S. The summed E-state index contributed by atoms with van der Waals surface area (Å²) in [4.78, 5) is 9.83. The van der Waals surface area contributed by atoms with Crippen molar-refractivity contribution < 1.29 is 18.1 Å². The van der Waals surface area contributed by atoms with E-state index in [4.69, 9.17) is 12.2 Å². The third kappa shape index (κ3) is 2.59. The largest absolute Gasteiger partial charge is 0.365 e. The molecule has 0 aliphatic carbocycles. The minimum atomic E-state index is -2.04. The molecule has 21 heavy (non-hydrogen) atoms. The second-order valence-corrected chi connectivity index (χ2v) is 5.86. The Morgan fingerprint density at radius 2 is 2.10 bits per heavy atom. The number of thiocarbonyl (C=S) groups is 1. The normalized spacial score (nSPS) is 32.6. The molecule has 1 aromatic carbocycles. The first-order chi connectivity index (χ1) is 9.58. The Hall–Kier alpha value is -1.70. The molecule has 1 saturated heterocycles. The molecule has 1 N–H and O–H groups in total. The summed E-state index contributed by atoms with van der Waals surface area (Å²) in [6, 6.07) is 2.81. The van der Waals surface area contributed by atoms with Gasteiger partial charge in [-0.25, -0.2) is 13.2 Å². The van der Waals surface area contributed by atoms with Crippen LogP contribution < -0.4 is 5.32 Å². The number of halogens is 3. The van der Waals surface area contributed by atoms with Crippen LogP contribution in [0.2, 0.25) is 0 Å². The van der Waals surface area contributed by atoms with Gasteiger partial charge in [0.25, 0.3) is 5.69 Å². The number of piperidine rings is 1. The van der Waals surface area contributed by atoms with Crippen molar-refractivity contribution in [3.8, 4) is 0 Å². The minimum Gasteiger partial charge on any atom is -0.365 e. The van der Waals surface area contributed by atoms with Gasteiger partial charge in [0.15, 0.2) is 5.67 Å². The molecule has 1 fully saturated rings. The zero-order chi connectivity index (χ0) is 16.0. The molecule has 0 unspecified atom stereocenters. The average molecular weight is 318 g/mol. The van der Waals surface area contributed by atoms with Crippen LogP contribution in [0.5, 0.6) is 0 Å². The molecule has 2 rings (SSSR count). The molecule has 4 nitrogen and oxygen atoms in total. The van der Waals surface area contributed by atoms with E-state index in [0.717, 1.165) is 25.1 Å². The molecule has 1 heterocycles. The van der Waals surface area contributed by atoms with Crippen molar-refractivity contribution in [2.45, 2.75) is 37.6 Å². The van der Waals surface area contributed by atoms with Crippen LogP contribution in [-0.2, 0) is 5.54 Å². The Labute approximate surface area is 124 Å². The van der Waals surface area contributed by atoms with Crippen molar-refractivity contribution in [1.29, 1.82) is 0 Å². The lowest BCUT2D eigenvalue weighted by Crippen LogP contribution is -2.61. The zero-order valence-corrected chi connectivity index (χ0v) is 12.1. The molecule has 1 aliphatic rings. The van der Waals surface area contributed by atoms with Crippen LogP contribution in [0.4, 0.5) is 18.9 Å². The number of non-ortho nitro benzene ring substituents is 1. The second-order valence-electron chi connectivity index (χ2n) is 5.45. The highest BCUT2D eigenvalue weighted by atomic mass is 32.1. The highest BCUT2D eigenvalue weighted by Crippen LogP contribution is 2.40. The first-order valence-corrected chi connectivity index (χ1v) is 6.59. The van der Waals surface area contributed by atoms with Gasteiger partial charge < -0.3 is 5.32 Å². The van der Waals surface area contributed by atoms with Crippen LogP contribution in [0.25, 0.3) is 0 Å². The number of nitro benzene ring substituents is 1. The van der Waals surface area contributed by atoms with Gasteiger partial charge in [-0.05, 0) is 19.9 Å². The molecule has 8 heteroatoms. The van der Waals surface area contributed by atoms with Crippen LogP contribution in [0.1, 0.15) is 25.8 Å². The molecular formula is C13H13F3N2O2S. The van der Waals surface area contributed by atoms with Gasteiger partial charge >= 0.3 is 0 Å². The summed E-state index contributed by atoms with van der Waals surface area (Å²) in [7, 11) is 0. The summed E-state index contributed by atoms with van der Waals surface area (Å²) >= 11 is 4.86. The van der Waals surface area contributed by atoms with Crippen LogP contribution >= 0.6 is 12.2 Å². The topological polar surface area (TPSA) is 55.2 Å². The summed E-state index contributed by atoms with van der Waals surface area (Å²) in [6.45, 7) is 2.44. The first-order valence-electron chi connectivity index (χ1n) is 6.18. The monoisotopic (exact) mass is 318 g/mol. The molecule has 0 spiro atoms. The van der Waals surface area contributed by atoms with E-state index in [9.17, 15) is 23.3 Å². The molecule has 1 aromatic rings. The Kier molecular flexibility index (Phi) is 3.69. The predicted molar refractivity (Wildman–Crippen MR) is 75.2 cm³/mol. The van der Waals surface area contributed by atoms with E-state index in [1.54, 1.807) is 0 Å². The summed E-state index contributed by atoms with van der Waals surface area (Å²) in [6.07, 6.45) is -2.34. The quantitative estimate of drug-likeness (QED) is 0.516. The highest BCUT2D eigenvalue weighted by molar-refractivity contribution is 7.80. The van der Waals surface area contributed by atoms with E-state index in [0.29, 0.717) is 0 Å². The van der Waals surface area contributed by atoms with E-state index >= 15 is 0 Å². The molecule has 3 atom stereocenters. The molecule has 114 valence electrons. The lowest BCUT2D eigenvalue weighted by atomic mass is 9.78. The Morgan fingerprint density at radius 3 is 2.67 bits per heavy atom. The maximum Gasteiger partial charge on any atom is 0.270 e. The summed E-state index contributed by atoms with van der Waals surface area (Å²) in [5, 5.41) is 13.3. The van der Waals surface area contributed by atoms with Crippen LogP contribution in [0.15, 0.2) is 18.2 Å². The van der Waals surface area contributed by atoms with Gasteiger partial charge in [0.05, 0.1) is 10.5 Å². The van der Waals surface area contributed by atoms with Gasteiger partial charge in [0.2, 0.25) is 0 Å². The Morgan fingerprint density at radius 1 is 1.48 bits per heavy atom. The van der Waals surface area contributed by atoms with Gasteiger partial charge in [0.1, 0.15) is 17.0 Å². The third-order valence-corrected chi connectivity index (χ3v) is 4.28. The maximum atomic E-state index is 14.4. The summed E-state index contributed by atoms with van der Waals surface area (Å²) in [5.74, 6) is -0.816. The van der Waals surface area contributed by atoms with Gasteiger partial charge in [-0.1, -0.05) is 12.2 Å². The third-order valence-electron chi connectivity index (χ3n) is 3.76. The fourth-order valence-corrected chi connectivity index (χ4v) is 2.63. The van der Waals surface area contributed by atoms with E-state index in [2.05, 4.69) is 5.32 Å². The lowest BCUT2D eigenvalue weighted by molar-refractivity contribution is -0.385. The van der Waals surface area contributed by atoms with E-state index < -0.39 is 34.5 Å². The first kappa shape index (κ1) is 15.7. The second kappa shape index (κ2) is 4.94. The highest BCUT2D eigenvalue weighted by Gasteiger charge is 2.50. The molecule has 0 bridgehead atoms. The Bertz CT molecular complexity index is 623. The van der Waals surface area contributed by atoms with Gasteiger partial charge in [-0.3, -0.25) is 10.1 Å². The number of nitro groups is 1. The van der Waals surface area contributed by atoms with E-state index in [1.807, 2.05) is 0 Å². The van der Waals surface area contributed by atoms with Gasteiger partial charge in [0, 0.05) is 24.1 Å². The molecule has 0 amide bonds. The number of nitrogens with one attached hydrogen (secondary N) is 1. The molecule has 0 radical (unpaired) electrons. The predicted octanol–water partition coefficient (Wildman–Crippen LogP) is 3.34. The number of benzene rings is 1. The van der Waals surface area contributed by atoms with Crippen molar-refractivity contribution in [3.63, 3.8) is 0 Å². The van der Waals surface area contributed by atoms with Gasteiger partial charge in [-0.2, -0.15) is 0 Å². The van der Waals surface area contributed by atoms with Crippen molar-refractivity contribution in [2.75, 3.05) is 0 Å². The van der Waals surface area contributed by atoms with Crippen molar-refractivity contribution >= 4 is 22.9 Å². The van der Waals surface area contributed by atoms with Gasteiger partial charge in [-0.15, -0.1) is 0 Å². The average Bonchev–Trinajstić information content (AvgIpc) is 2.36. The lowest BCUT2D eigenvalue weighted by Gasteiger charge is -2.44. The molecule has 0 saturated carbocycles. The molecule has 0 aromatic heterocycles. The molecular weight excluding hydrogens is 305 g/mol. The van der Waals surface area contributed by atoms with Crippen molar-refractivity contribution in [3.05, 3.63) is 39.7 Å². The smallest absolute Gasteiger partial charge is 0.270 e. The van der Waals surface area contributed by atoms with Crippen LogP contribution in [-0.4, -0.2) is 21.8 Å². The minimum absolute atomic E-state index is 0.246. The number of hydrogen-bond donors (Lipinski definition) is 1. The number of hydrogen-bond acceptors (Lipinski definition) is 3. The van der Waals surface area contributed by atoms with Crippen molar-refractivity contribution in [1.82, 2.24) is 5.32 Å². The number of nitrogens with zero attached hydrogens (tertiary/aromatic N) is 1. The summed E-state index contributed by atoms with van der Waals surface area (Å²) < 4.78 is 42.4. The van der Waals surface area contributed by atoms with E-state index in [-0.39, 0.29) is 16.2 Å². The number of rotatable bonds is 2. The fraction of sp³-hybridized carbons (Fsp3) is 0.462. The van der Waals surface area contributed by atoms with Crippen LogP contribution in [0, 0.1) is 15.9 Å². The molecule has 1 aliphatic heterocycles. The summed E-state index contributed by atoms with van der Waals surface area (Å²) in [5.41, 5.74) is -4.31.